The van der Waals surface area contributed by atoms with E-state index in [4.69, 9.17) is 23.2 Å². The van der Waals surface area contributed by atoms with Crippen molar-refractivity contribution >= 4 is 79.0 Å². The number of aromatic nitrogens is 2. The van der Waals surface area contributed by atoms with Crippen molar-refractivity contribution in [2.24, 2.45) is 0 Å². The monoisotopic (exact) mass is 483 g/mol. The van der Waals surface area contributed by atoms with Gasteiger partial charge < -0.3 is 5.32 Å². The van der Waals surface area contributed by atoms with E-state index >= 15 is 0 Å². The molecular weight excluding hydrogens is 469 g/mol. The smallest absolute Gasteiger partial charge is 0.241 e. The first-order valence-electron chi connectivity index (χ1n) is 7.47. The molecule has 0 saturated carbocycles. The fourth-order valence-electron chi connectivity index (χ4n) is 1.70. The molecule has 0 radical (unpaired) electrons. The summed E-state index contributed by atoms with van der Waals surface area (Å²) >= 11 is 13.9. The van der Waals surface area contributed by atoms with E-state index in [2.05, 4.69) is 20.8 Å². The number of sulfonamides is 1. The molecule has 0 aliphatic carbocycles. The number of anilines is 2. The maximum atomic E-state index is 12.0. The first-order valence-corrected chi connectivity index (χ1v) is 11.9. The molecule has 14 heteroatoms. The van der Waals surface area contributed by atoms with Crippen LogP contribution >= 0.6 is 46.3 Å². The van der Waals surface area contributed by atoms with E-state index in [1.165, 1.54) is 7.05 Å². The lowest BCUT2D eigenvalue weighted by Crippen LogP contribution is -2.34. The van der Waals surface area contributed by atoms with Gasteiger partial charge in [0.15, 0.2) is 4.34 Å². The average molecular weight is 484 g/mol. The molecule has 2 N–H and O–H groups in total. The molecule has 2 amide bonds. The summed E-state index contributed by atoms with van der Waals surface area (Å²) in [5.41, 5.74) is 0.514. The van der Waals surface area contributed by atoms with Gasteiger partial charge in [-0.15, -0.1) is 10.2 Å². The Kier molecular flexibility index (Phi) is 8.04. The Hall–Kier alpha value is -1.44. The molecule has 0 saturated heterocycles. The summed E-state index contributed by atoms with van der Waals surface area (Å²) in [5.74, 6) is -0.753. The molecule has 0 aliphatic rings. The van der Waals surface area contributed by atoms with Gasteiger partial charge in [-0.2, -0.15) is 4.31 Å². The zero-order valence-electron chi connectivity index (χ0n) is 14.6. The van der Waals surface area contributed by atoms with Gasteiger partial charge in [0.05, 0.1) is 28.6 Å². The third-order valence-electron chi connectivity index (χ3n) is 3.12. The highest BCUT2D eigenvalue weighted by molar-refractivity contribution is 8.01. The molecule has 28 heavy (non-hydrogen) atoms. The summed E-state index contributed by atoms with van der Waals surface area (Å²) in [7, 11) is -2.16. The van der Waals surface area contributed by atoms with Gasteiger partial charge in [-0.1, -0.05) is 46.3 Å². The van der Waals surface area contributed by atoms with Crippen LogP contribution in [0.4, 0.5) is 10.8 Å². The fraction of sp³-hybridized carbons (Fsp3) is 0.286. The first-order chi connectivity index (χ1) is 13.0. The molecule has 1 aromatic carbocycles. The van der Waals surface area contributed by atoms with Crippen molar-refractivity contribution in [1.82, 2.24) is 14.5 Å². The van der Waals surface area contributed by atoms with Crippen molar-refractivity contribution in [1.29, 1.82) is 0 Å². The molecule has 9 nitrogen and oxygen atoms in total. The molecule has 0 aliphatic heterocycles. The van der Waals surface area contributed by atoms with Gasteiger partial charge in [0.1, 0.15) is 0 Å². The van der Waals surface area contributed by atoms with Crippen LogP contribution in [0, 0.1) is 0 Å². The predicted octanol–water partition coefficient (Wildman–Crippen LogP) is 2.41. The summed E-state index contributed by atoms with van der Waals surface area (Å²) in [6, 6.07) is 4.75. The van der Waals surface area contributed by atoms with E-state index in [0.29, 0.717) is 20.1 Å². The molecule has 0 fully saturated rings. The number of hydrogen-bond acceptors (Lipinski definition) is 8. The second kappa shape index (κ2) is 9.85. The van der Waals surface area contributed by atoms with Crippen LogP contribution in [0.1, 0.15) is 0 Å². The molecule has 0 bridgehead atoms. The van der Waals surface area contributed by atoms with Gasteiger partial charge in [-0.05, 0) is 18.2 Å². The third-order valence-corrected chi connectivity index (χ3v) is 7.09. The highest BCUT2D eigenvalue weighted by Crippen LogP contribution is 2.27. The molecule has 0 unspecified atom stereocenters. The molecule has 2 rings (SSSR count). The Labute approximate surface area is 179 Å². The minimum absolute atomic E-state index is 0.0691. The summed E-state index contributed by atoms with van der Waals surface area (Å²) in [6.45, 7) is -0.340. The van der Waals surface area contributed by atoms with Gasteiger partial charge in [0.25, 0.3) is 0 Å². The summed E-state index contributed by atoms with van der Waals surface area (Å²) in [5, 5.41) is 13.7. The normalized spacial score (nSPS) is 11.5. The lowest BCUT2D eigenvalue weighted by molar-refractivity contribution is -0.116. The number of halogens is 2. The minimum atomic E-state index is -3.46. The zero-order valence-corrected chi connectivity index (χ0v) is 18.6. The topological polar surface area (TPSA) is 121 Å². The van der Waals surface area contributed by atoms with E-state index < -0.39 is 15.9 Å². The highest BCUT2D eigenvalue weighted by Gasteiger charge is 2.17. The second-order valence-corrected chi connectivity index (χ2v) is 10.5. The van der Waals surface area contributed by atoms with Crippen LogP contribution in [0.5, 0.6) is 0 Å². The number of benzene rings is 1. The zero-order chi connectivity index (χ0) is 20.9. The summed E-state index contributed by atoms with van der Waals surface area (Å²) in [6.07, 6.45) is 1.00. The van der Waals surface area contributed by atoms with E-state index in [-0.39, 0.29) is 23.3 Å². The third kappa shape index (κ3) is 7.18. The fourth-order valence-corrected chi connectivity index (χ4v) is 3.91. The number of thioether (sulfide) groups is 1. The van der Waals surface area contributed by atoms with Crippen molar-refractivity contribution < 1.29 is 18.0 Å². The Balaban J connectivity index is 1.83. The van der Waals surface area contributed by atoms with Crippen LogP contribution in [-0.2, 0) is 19.6 Å². The lowest BCUT2D eigenvalue weighted by atomic mass is 10.3. The molecule has 1 aromatic heterocycles. The Bertz CT molecular complexity index is 983. The molecule has 0 atom stereocenters. The number of hydrogen-bond donors (Lipinski definition) is 2. The molecule has 1 heterocycles. The van der Waals surface area contributed by atoms with Crippen LogP contribution in [0.15, 0.2) is 22.5 Å². The second-order valence-electron chi connectivity index (χ2n) is 5.41. The maximum absolute atomic E-state index is 12.0. The Morgan fingerprint density at radius 1 is 1.18 bits per heavy atom. The van der Waals surface area contributed by atoms with Crippen LogP contribution in [-0.4, -0.2) is 60.3 Å². The van der Waals surface area contributed by atoms with E-state index in [1.807, 2.05) is 0 Å². The summed E-state index contributed by atoms with van der Waals surface area (Å²) in [4.78, 5) is 23.8. The number of rotatable bonds is 8. The SMILES string of the molecule is CN(CC(=O)Nc1nnc(SCC(=O)Nc2ccc(Cl)c(Cl)c2)s1)S(C)(=O)=O. The quantitative estimate of drug-likeness (QED) is 0.436. The molecule has 2 aromatic rings. The van der Waals surface area contributed by atoms with Gasteiger partial charge in [-0.3, -0.25) is 14.9 Å². The van der Waals surface area contributed by atoms with Gasteiger partial charge >= 0.3 is 0 Å². The standard InChI is InChI=1S/C14H15Cl2N5O4S3/c1-21(28(2,24)25)6-11(22)18-13-19-20-14(27-13)26-7-12(23)17-8-3-4-9(15)10(16)5-8/h3-5H,6-7H2,1-2H3,(H,17,23)(H,18,19,22). The highest BCUT2D eigenvalue weighted by atomic mass is 35.5. The Morgan fingerprint density at radius 2 is 1.89 bits per heavy atom. The number of carbonyl (C=O) groups is 2. The average Bonchev–Trinajstić information content (AvgIpc) is 3.02. The molecular formula is C14H15Cl2N5O4S3. The van der Waals surface area contributed by atoms with Crippen molar-refractivity contribution in [3.63, 3.8) is 0 Å². The number of nitrogens with zero attached hydrogens (tertiary/aromatic N) is 3. The predicted molar refractivity (Wildman–Crippen MR) is 112 cm³/mol. The lowest BCUT2D eigenvalue weighted by Gasteiger charge is -2.12. The van der Waals surface area contributed by atoms with E-state index in [0.717, 1.165) is 33.7 Å². The van der Waals surface area contributed by atoms with Crippen LogP contribution in [0.2, 0.25) is 10.0 Å². The molecule has 0 spiro atoms. The van der Waals surface area contributed by atoms with Crippen LogP contribution < -0.4 is 10.6 Å². The van der Waals surface area contributed by atoms with Crippen molar-refractivity contribution in [3.05, 3.63) is 28.2 Å². The number of likely N-dealkylation sites (N-methyl/N-ethyl adjacent to an activating group) is 1. The van der Waals surface area contributed by atoms with Crippen LogP contribution in [0.3, 0.4) is 0 Å². The van der Waals surface area contributed by atoms with Crippen molar-refractivity contribution in [2.75, 3.05) is 36.2 Å². The van der Waals surface area contributed by atoms with E-state index in [1.54, 1.807) is 18.2 Å². The van der Waals surface area contributed by atoms with Crippen molar-refractivity contribution in [2.45, 2.75) is 4.34 Å². The van der Waals surface area contributed by atoms with Crippen LogP contribution in [0.25, 0.3) is 0 Å². The van der Waals surface area contributed by atoms with Gasteiger partial charge in [0.2, 0.25) is 27.0 Å². The number of carbonyl (C=O) groups excluding carboxylic acids is 2. The summed E-state index contributed by atoms with van der Waals surface area (Å²) < 4.78 is 24.0. The molecule has 152 valence electrons. The maximum Gasteiger partial charge on any atom is 0.241 e. The Morgan fingerprint density at radius 3 is 2.54 bits per heavy atom. The number of nitrogens with one attached hydrogen (secondary N) is 2. The first kappa shape index (κ1) is 22.8. The largest absolute Gasteiger partial charge is 0.325 e. The van der Waals surface area contributed by atoms with E-state index in [9.17, 15) is 18.0 Å². The number of amides is 2. The van der Waals surface area contributed by atoms with Gasteiger partial charge in [-0.25, -0.2) is 8.42 Å². The van der Waals surface area contributed by atoms with Crippen molar-refractivity contribution in [3.8, 4) is 0 Å². The van der Waals surface area contributed by atoms with Gasteiger partial charge in [0, 0.05) is 12.7 Å². The minimum Gasteiger partial charge on any atom is -0.325 e.